The molecule has 2 aliphatic rings. The maximum absolute atomic E-state index is 5.78. The van der Waals surface area contributed by atoms with Crippen molar-refractivity contribution in [3.8, 4) is 0 Å². The van der Waals surface area contributed by atoms with Crippen LogP contribution in [0.15, 0.2) is 6.07 Å². The van der Waals surface area contributed by atoms with Crippen LogP contribution in [0, 0.1) is 6.92 Å². The van der Waals surface area contributed by atoms with Crippen LogP contribution in [0.2, 0.25) is 0 Å². The van der Waals surface area contributed by atoms with Crippen molar-refractivity contribution in [1.82, 2.24) is 9.97 Å². The predicted octanol–water partition coefficient (Wildman–Crippen LogP) is 2.34. The predicted molar refractivity (Wildman–Crippen MR) is 86.2 cm³/mol. The molecule has 0 atom stereocenters. The third-order valence-corrected chi connectivity index (χ3v) is 3.97. The first-order chi connectivity index (χ1) is 10.4. The van der Waals surface area contributed by atoms with Crippen LogP contribution in [0.1, 0.15) is 39.3 Å². The van der Waals surface area contributed by atoms with Crippen molar-refractivity contribution in [2.24, 2.45) is 0 Å². The lowest BCUT2D eigenvalue weighted by molar-refractivity contribution is -0.169. The van der Waals surface area contributed by atoms with Crippen LogP contribution < -0.4 is 10.2 Å². The average molecular weight is 306 g/mol. The topological polar surface area (TPSA) is 59.5 Å². The van der Waals surface area contributed by atoms with E-state index in [4.69, 9.17) is 9.47 Å². The molecule has 0 unspecified atom stereocenters. The number of anilines is 2. The van der Waals surface area contributed by atoms with Crippen LogP contribution in [0.5, 0.6) is 0 Å². The summed E-state index contributed by atoms with van der Waals surface area (Å²) in [5.74, 6) is 1.32. The SMILES string of the molecule is Cc1cc(NC(C)(C)C)nc(N2CCC3(CC2)OCCO3)n1. The summed E-state index contributed by atoms with van der Waals surface area (Å²) in [5.41, 5.74) is 0.959. The molecule has 3 rings (SSSR count). The Labute approximate surface area is 132 Å². The van der Waals surface area contributed by atoms with Crippen molar-refractivity contribution in [2.45, 2.75) is 51.9 Å². The molecule has 2 saturated heterocycles. The number of aryl methyl sites for hydroxylation is 1. The quantitative estimate of drug-likeness (QED) is 0.905. The first kappa shape index (κ1) is 15.5. The summed E-state index contributed by atoms with van der Waals surface area (Å²) in [4.78, 5) is 11.5. The van der Waals surface area contributed by atoms with Crippen molar-refractivity contribution in [3.63, 3.8) is 0 Å². The van der Waals surface area contributed by atoms with Gasteiger partial charge in [0.05, 0.1) is 13.2 Å². The van der Waals surface area contributed by atoms with Crippen LogP contribution in [0.4, 0.5) is 11.8 Å². The molecule has 0 radical (unpaired) electrons. The highest BCUT2D eigenvalue weighted by molar-refractivity contribution is 5.45. The maximum Gasteiger partial charge on any atom is 0.227 e. The van der Waals surface area contributed by atoms with Gasteiger partial charge in [0, 0.05) is 43.2 Å². The van der Waals surface area contributed by atoms with E-state index in [2.05, 4.69) is 41.0 Å². The standard InChI is InChI=1S/C16H26N4O2/c1-12-11-13(19-15(2,3)4)18-14(17-12)20-7-5-16(6-8-20)21-9-10-22-16/h11H,5-10H2,1-4H3,(H,17,18,19). The molecule has 2 fully saturated rings. The molecule has 0 bridgehead atoms. The Morgan fingerprint density at radius 3 is 2.36 bits per heavy atom. The molecule has 1 N–H and O–H groups in total. The molecule has 6 heteroatoms. The van der Waals surface area contributed by atoms with Crippen molar-refractivity contribution < 1.29 is 9.47 Å². The van der Waals surface area contributed by atoms with E-state index in [9.17, 15) is 0 Å². The minimum absolute atomic E-state index is 0.0183. The van der Waals surface area contributed by atoms with E-state index in [1.54, 1.807) is 0 Å². The molecule has 2 aliphatic heterocycles. The Kier molecular flexibility index (Phi) is 3.99. The Morgan fingerprint density at radius 1 is 1.14 bits per heavy atom. The number of ether oxygens (including phenoxy) is 2. The number of hydrogen-bond acceptors (Lipinski definition) is 6. The summed E-state index contributed by atoms with van der Waals surface area (Å²) in [7, 11) is 0. The number of nitrogens with zero attached hydrogens (tertiary/aromatic N) is 3. The third kappa shape index (κ3) is 3.50. The fourth-order valence-corrected chi connectivity index (χ4v) is 2.98. The highest BCUT2D eigenvalue weighted by Crippen LogP contribution is 2.32. The molecule has 1 aromatic heterocycles. The monoisotopic (exact) mass is 306 g/mol. The number of piperidine rings is 1. The highest BCUT2D eigenvalue weighted by Gasteiger charge is 2.40. The van der Waals surface area contributed by atoms with Crippen molar-refractivity contribution in [2.75, 3.05) is 36.5 Å². The van der Waals surface area contributed by atoms with Crippen molar-refractivity contribution in [1.29, 1.82) is 0 Å². The van der Waals surface area contributed by atoms with Gasteiger partial charge in [0.15, 0.2) is 5.79 Å². The van der Waals surface area contributed by atoms with Crippen LogP contribution in [0.25, 0.3) is 0 Å². The van der Waals surface area contributed by atoms with E-state index in [0.717, 1.165) is 43.4 Å². The smallest absolute Gasteiger partial charge is 0.227 e. The second-order valence-corrected chi connectivity index (χ2v) is 7.16. The summed E-state index contributed by atoms with van der Waals surface area (Å²) in [5, 5.41) is 3.42. The summed E-state index contributed by atoms with van der Waals surface area (Å²) < 4.78 is 11.6. The van der Waals surface area contributed by atoms with Gasteiger partial charge in [0.1, 0.15) is 5.82 Å². The molecular weight excluding hydrogens is 280 g/mol. The van der Waals surface area contributed by atoms with E-state index in [-0.39, 0.29) is 11.3 Å². The molecule has 0 aliphatic carbocycles. The van der Waals surface area contributed by atoms with Crippen molar-refractivity contribution >= 4 is 11.8 Å². The summed E-state index contributed by atoms with van der Waals surface area (Å²) in [6.45, 7) is 11.5. The Morgan fingerprint density at radius 2 is 1.77 bits per heavy atom. The number of aromatic nitrogens is 2. The van der Waals surface area contributed by atoms with Gasteiger partial charge in [-0.05, 0) is 27.7 Å². The van der Waals surface area contributed by atoms with Crippen LogP contribution in [-0.4, -0.2) is 47.6 Å². The number of rotatable bonds is 2. The van der Waals surface area contributed by atoms with Crippen LogP contribution in [0.3, 0.4) is 0 Å². The zero-order valence-electron chi connectivity index (χ0n) is 14.0. The Bertz CT molecular complexity index is 525. The molecule has 0 saturated carbocycles. The van der Waals surface area contributed by atoms with E-state index >= 15 is 0 Å². The molecule has 1 aromatic rings. The zero-order chi connectivity index (χ0) is 15.8. The summed E-state index contributed by atoms with van der Waals surface area (Å²) in [6, 6.07) is 1.99. The molecule has 0 aromatic carbocycles. The fraction of sp³-hybridized carbons (Fsp3) is 0.750. The van der Waals surface area contributed by atoms with E-state index in [0.29, 0.717) is 13.2 Å². The van der Waals surface area contributed by atoms with Gasteiger partial charge < -0.3 is 19.7 Å². The lowest BCUT2D eigenvalue weighted by atomic mass is 10.0. The lowest BCUT2D eigenvalue weighted by Crippen LogP contribution is -2.45. The summed E-state index contributed by atoms with van der Waals surface area (Å²) in [6.07, 6.45) is 1.73. The van der Waals surface area contributed by atoms with E-state index in [1.165, 1.54) is 0 Å². The van der Waals surface area contributed by atoms with Crippen molar-refractivity contribution in [3.05, 3.63) is 11.8 Å². The summed E-state index contributed by atoms with van der Waals surface area (Å²) >= 11 is 0. The number of hydrogen-bond donors (Lipinski definition) is 1. The van der Waals surface area contributed by atoms with Gasteiger partial charge in [-0.3, -0.25) is 0 Å². The zero-order valence-corrected chi connectivity index (χ0v) is 14.0. The Balaban J connectivity index is 1.72. The van der Waals surface area contributed by atoms with Crippen LogP contribution >= 0.6 is 0 Å². The normalized spacial score (nSPS) is 21.4. The molecule has 6 nitrogen and oxygen atoms in total. The molecular formula is C16H26N4O2. The first-order valence-electron chi connectivity index (χ1n) is 8.02. The fourth-order valence-electron chi connectivity index (χ4n) is 2.98. The second-order valence-electron chi connectivity index (χ2n) is 7.16. The Hall–Kier alpha value is -1.40. The second kappa shape index (κ2) is 5.66. The average Bonchev–Trinajstić information content (AvgIpc) is 2.85. The van der Waals surface area contributed by atoms with Gasteiger partial charge in [-0.1, -0.05) is 0 Å². The van der Waals surface area contributed by atoms with Gasteiger partial charge >= 0.3 is 0 Å². The molecule has 3 heterocycles. The van der Waals surface area contributed by atoms with E-state index < -0.39 is 0 Å². The minimum atomic E-state index is -0.354. The largest absolute Gasteiger partial charge is 0.365 e. The van der Waals surface area contributed by atoms with Gasteiger partial charge in [-0.25, -0.2) is 4.98 Å². The lowest BCUT2D eigenvalue weighted by Gasteiger charge is -2.37. The van der Waals surface area contributed by atoms with Crippen LogP contribution in [-0.2, 0) is 9.47 Å². The van der Waals surface area contributed by atoms with Gasteiger partial charge in [0.25, 0.3) is 0 Å². The van der Waals surface area contributed by atoms with Gasteiger partial charge in [0.2, 0.25) is 5.95 Å². The number of nitrogens with one attached hydrogen (secondary N) is 1. The maximum atomic E-state index is 5.78. The van der Waals surface area contributed by atoms with E-state index in [1.807, 2.05) is 13.0 Å². The third-order valence-electron chi connectivity index (χ3n) is 3.97. The van der Waals surface area contributed by atoms with Gasteiger partial charge in [-0.2, -0.15) is 4.98 Å². The first-order valence-corrected chi connectivity index (χ1v) is 8.02. The van der Waals surface area contributed by atoms with Gasteiger partial charge in [-0.15, -0.1) is 0 Å². The highest BCUT2D eigenvalue weighted by atomic mass is 16.7. The molecule has 0 amide bonds. The molecule has 122 valence electrons. The molecule has 1 spiro atoms. The minimum Gasteiger partial charge on any atom is -0.365 e. The molecule has 22 heavy (non-hydrogen) atoms.